The third-order valence-electron chi connectivity index (χ3n) is 3.92. The molecule has 0 spiro atoms. The van der Waals surface area contributed by atoms with E-state index in [1.54, 1.807) is 24.0 Å². The van der Waals surface area contributed by atoms with Gasteiger partial charge in [0.1, 0.15) is 12.7 Å². The van der Waals surface area contributed by atoms with E-state index in [1.807, 2.05) is 4.68 Å². The molecule has 114 valence electrons. The predicted octanol–water partition coefficient (Wildman–Crippen LogP) is 2.70. The standard InChI is InChI=1S/C15H23N5S/c1-15(2,3)14-18-12(9-21-14)7-19-6-4-5-13(19)8-20-11-16-10-17-20/h9-11,13H,4-8H2,1-3H3/t13-/m1/s1. The van der Waals surface area contributed by atoms with Gasteiger partial charge in [0.05, 0.1) is 17.2 Å². The zero-order valence-corrected chi connectivity index (χ0v) is 13.8. The van der Waals surface area contributed by atoms with Crippen LogP contribution in [0.1, 0.15) is 44.3 Å². The van der Waals surface area contributed by atoms with Gasteiger partial charge in [-0.3, -0.25) is 9.58 Å². The Hall–Kier alpha value is -1.27. The molecule has 1 atom stereocenters. The Balaban J connectivity index is 1.64. The van der Waals surface area contributed by atoms with E-state index in [1.165, 1.54) is 23.5 Å². The first-order chi connectivity index (χ1) is 10.0. The minimum Gasteiger partial charge on any atom is -0.293 e. The van der Waals surface area contributed by atoms with Crippen molar-refractivity contribution in [1.29, 1.82) is 0 Å². The van der Waals surface area contributed by atoms with Gasteiger partial charge < -0.3 is 0 Å². The van der Waals surface area contributed by atoms with Crippen LogP contribution in [0.4, 0.5) is 0 Å². The monoisotopic (exact) mass is 305 g/mol. The van der Waals surface area contributed by atoms with Gasteiger partial charge in [0.15, 0.2) is 0 Å². The summed E-state index contributed by atoms with van der Waals surface area (Å²) in [7, 11) is 0. The second-order valence-corrected chi connectivity index (χ2v) is 7.64. The molecule has 1 fully saturated rings. The number of hydrogen-bond acceptors (Lipinski definition) is 5. The molecule has 3 heterocycles. The average molecular weight is 305 g/mol. The third kappa shape index (κ3) is 3.49. The van der Waals surface area contributed by atoms with Gasteiger partial charge in [-0.15, -0.1) is 11.3 Å². The fourth-order valence-electron chi connectivity index (χ4n) is 2.79. The maximum absolute atomic E-state index is 4.82. The SMILES string of the molecule is CC(C)(C)c1nc(CN2CCC[C@@H]2Cn2cncn2)cs1. The van der Waals surface area contributed by atoms with E-state index in [9.17, 15) is 0 Å². The molecule has 1 aliphatic rings. The summed E-state index contributed by atoms with van der Waals surface area (Å²) in [4.78, 5) is 11.4. The Kier molecular flexibility index (Phi) is 4.08. The Bertz CT molecular complexity index is 569. The number of hydrogen-bond donors (Lipinski definition) is 0. The van der Waals surface area contributed by atoms with Crippen LogP contribution in [0.5, 0.6) is 0 Å². The fraction of sp³-hybridized carbons (Fsp3) is 0.667. The lowest BCUT2D eigenvalue weighted by Gasteiger charge is -2.23. The van der Waals surface area contributed by atoms with E-state index in [0.29, 0.717) is 6.04 Å². The summed E-state index contributed by atoms with van der Waals surface area (Å²) in [6.45, 7) is 9.70. The van der Waals surface area contributed by atoms with Gasteiger partial charge in [-0.2, -0.15) is 5.10 Å². The zero-order valence-electron chi connectivity index (χ0n) is 13.0. The summed E-state index contributed by atoms with van der Waals surface area (Å²) in [6.07, 6.45) is 5.90. The van der Waals surface area contributed by atoms with Crippen LogP contribution < -0.4 is 0 Å². The van der Waals surface area contributed by atoms with Crippen molar-refractivity contribution >= 4 is 11.3 Å². The average Bonchev–Trinajstić information content (AvgIpc) is 3.12. The van der Waals surface area contributed by atoms with Crippen LogP contribution in [0.25, 0.3) is 0 Å². The van der Waals surface area contributed by atoms with Crippen molar-refractivity contribution in [2.75, 3.05) is 6.54 Å². The largest absolute Gasteiger partial charge is 0.293 e. The van der Waals surface area contributed by atoms with Crippen LogP contribution in [0, 0.1) is 0 Å². The molecule has 1 aliphatic heterocycles. The van der Waals surface area contributed by atoms with Crippen molar-refractivity contribution in [3.63, 3.8) is 0 Å². The van der Waals surface area contributed by atoms with Gasteiger partial charge in [-0.25, -0.2) is 9.97 Å². The lowest BCUT2D eigenvalue weighted by atomic mass is 9.98. The molecular formula is C15H23N5S. The second kappa shape index (κ2) is 5.85. The molecule has 3 rings (SSSR count). The Morgan fingerprint density at radius 1 is 1.38 bits per heavy atom. The number of likely N-dealkylation sites (tertiary alicyclic amines) is 1. The first-order valence-electron chi connectivity index (χ1n) is 7.54. The lowest BCUT2D eigenvalue weighted by molar-refractivity contribution is 0.217. The molecule has 0 amide bonds. The Labute approximate surface area is 130 Å². The fourth-order valence-corrected chi connectivity index (χ4v) is 3.68. The third-order valence-corrected chi connectivity index (χ3v) is 5.24. The first-order valence-corrected chi connectivity index (χ1v) is 8.42. The molecule has 0 radical (unpaired) electrons. The van der Waals surface area contributed by atoms with Crippen LogP contribution in [-0.2, 0) is 18.5 Å². The number of rotatable bonds is 4. The van der Waals surface area contributed by atoms with Crippen LogP contribution >= 0.6 is 11.3 Å². The normalized spacial score (nSPS) is 20.2. The highest BCUT2D eigenvalue weighted by atomic mass is 32.1. The topological polar surface area (TPSA) is 46.8 Å². The van der Waals surface area contributed by atoms with Crippen LogP contribution in [0.2, 0.25) is 0 Å². The highest BCUT2D eigenvalue weighted by molar-refractivity contribution is 7.09. The molecular weight excluding hydrogens is 282 g/mol. The second-order valence-electron chi connectivity index (χ2n) is 6.78. The van der Waals surface area contributed by atoms with E-state index in [-0.39, 0.29) is 5.41 Å². The van der Waals surface area contributed by atoms with Gasteiger partial charge in [-0.1, -0.05) is 20.8 Å². The van der Waals surface area contributed by atoms with E-state index < -0.39 is 0 Å². The molecule has 0 N–H and O–H groups in total. The summed E-state index contributed by atoms with van der Waals surface area (Å²) >= 11 is 1.78. The first kappa shape index (κ1) is 14.7. The smallest absolute Gasteiger partial charge is 0.137 e. The minimum absolute atomic E-state index is 0.147. The Morgan fingerprint density at radius 3 is 2.90 bits per heavy atom. The number of nitrogens with zero attached hydrogens (tertiary/aromatic N) is 5. The molecule has 1 saturated heterocycles. The van der Waals surface area contributed by atoms with Crippen molar-refractivity contribution in [1.82, 2.24) is 24.6 Å². The molecule has 0 bridgehead atoms. The molecule has 0 saturated carbocycles. The van der Waals surface area contributed by atoms with E-state index >= 15 is 0 Å². The van der Waals surface area contributed by atoms with Crippen LogP contribution in [-0.4, -0.2) is 37.2 Å². The zero-order chi connectivity index (χ0) is 14.9. The molecule has 0 aromatic carbocycles. The molecule has 0 aliphatic carbocycles. The van der Waals surface area contributed by atoms with Gasteiger partial charge >= 0.3 is 0 Å². The maximum atomic E-state index is 4.82. The molecule has 2 aromatic rings. The summed E-state index contributed by atoms with van der Waals surface area (Å²) in [5.41, 5.74) is 1.35. The lowest BCUT2D eigenvalue weighted by Crippen LogP contribution is -2.32. The van der Waals surface area contributed by atoms with E-state index in [2.05, 4.69) is 41.1 Å². The molecule has 0 unspecified atom stereocenters. The van der Waals surface area contributed by atoms with Gasteiger partial charge in [-0.05, 0) is 19.4 Å². The molecule has 21 heavy (non-hydrogen) atoms. The van der Waals surface area contributed by atoms with Gasteiger partial charge in [0.2, 0.25) is 0 Å². The van der Waals surface area contributed by atoms with Crippen molar-refractivity contribution in [2.24, 2.45) is 0 Å². The van der Waals surface area contributed by atoms with Crippen molar-refractivity contribution < 1.29 is 0 Å². The minimum atomic E-state index is 0.147. The van der Waals surface area contributed by atoms with Gasteiger partial charge in [0, 0.05) is 23.4 Å². The predicted molar refractivity (Wildman–Crippen MR) is 84.3 cm³/mol. The molecule has 2 aromatic heterocycles. The highest BCUT2D eigenvalue weighted by Gasteiger charge is 2.26. The number of thiazole rings is 1. The number of aromatic nitrogens is 4. The van der Waals surface area contributed by atoms with Crippen molar-refractivity contribution in [3.8, 4) is 0 Å². The quantitative estimate of drug-likeness (QED) is 0.871. The van der Waals surface area contributed by atoms with Crippen molar-refractivity contribution in [2.45, 2.75) is 58.2 Å². The summed E-state index contributed by atoms with van der Waals surface area (Å²) in [6, 6.07) is 0.548. The highest BCUT2D eigenvalue weighted by Crippen LogP contribution is 2.27. The van der Waals surface area contributed by atoms with E-state index in [0.717, 1.165) is 19.6 Å². The van der Waals surface area contributed by atoms with Crippen LogP contribution in [0.15, 0.2) is 18.0 Å². The van der Waals surface area contributed by atoms with Crippen molar-refractivity contribution in [3.05, 3.63) is 28.7 Å². The summed E-state index contributed by atoms with van der Waals surface area (Å²) < 4.78 is 1.94. The van der Waals surface area contributed by atoms with Crippen LogP contribution in [0.3, 0.4) is 0 Å². The van der Waals surface area contributed by atoms with E-state index in [4.69, 9.17) is 4.98 Å². The summed E-state index contributed by atoms with van der Waals surface area (Å²) in [5, 5.41) is 7.66. The molecule has 5 nitrogen and oxygen atoms in total. The van der Waals surface area contributed by atoms with Gasteiger partial charge in [0.25, 0.3) is 0 Å². The Morgan fingerprint density at radius 2 is 2.24 bits per heavy atom. The summed E-state index contributed by atoms with van der Waals surface area (Å²) in [5.74, 6) is 0. The molecule has 6 heteroatoms. The maximum Gasteiger partial charge on any atom is 0.137 e.